The molecule has 1 fully saturated rings. The van der Waals surface area contributed by atoms with Gasteiger partial charge in [0.2, 0.25) is 0 Å². The van der Waals surface area contributed by atoms with Gasteiger partial charge in [0.1, 0.15) is 0 Å². The van der Waals surface area contributed by atoms with Gasteiger partial charge in [-0.3, -0.25) is 9.59 Å². The normalized spacial score (nSPS) is 15.5. The predicted octanol–water partition coefficient (Wildman–Crippen LogP) is 0.538. The molecule has 0 aromatic heterocycles. The van der Waals surface area contributed by atoms with Gasteiger partial charge in [0.15, 0.2) is 5.57 Å². The average Bonchev–Trinajstić information content (AvgIpc) is 2.58. The number of amides is 2. The highest BCUT2D eigenvalue weighted by Gasteiger charge is 2.38. The smallest absolute Gasteiger partial charge is 0.350 e. The molecule has 26 heavy (non-hydrogen) atoms. The van der Waals surface area contributed by atoms with Gasteiger partial charge in [0.05, 0.1) is 0 Å². The van der Waals surface area contributed by atoms with E-state index in [2.05, 4.69) is 16.0 Å². The van der Waals surface area contributed by atoms with E-state index in [1.54, 1.807) is 0 Å². The summed E-state index contributed by atoms with van der Waals surface area (Å²) in [6, 6.07) is 4.35. The Kier molecular flexibility index (Phi) is 5.30. The lowest BCUT2D eigenvalue weighted by Crippen LogP contribution is -2.42. The second-order valence-electron chi connectivity index (χ2n) is 5.84. The van der Waals surface area contributed by atoms with Crippen LogP contribution in [0.4, 0.5) is 5.69 Å². The first kappa shape index (κ1) is 19.0. The molecule has 0 radical (unpaired) electrons. The number of cyclic esters (lactones) is 2. The molecule has 9 nitrogen and oxygen atoms in total. The monoisotopic (exact) mass is 361 g/mol. The van der Waals surface area contributed by atoms with Crippen LogP contribution in [-0.2, 0) is 19.1 Å². The summed E-state index contributed by atoms with van der Waals surface area (Å²) >= 11 is 0. The molecule has 2 amide bonds. The van der Waals surface area contributed by atoms with Crippen molar-refractivity contribution in [2.24, 2.45) is 0 Å². The van der Waals surface area contributed by atoms with Gasteiger partial charge in [-0.2, -0.15) is 0 Å². The van der Waals surface area contributed by atoms with E-state index in [9.17, 15) is 19.2 Å². The van der Waals surface area contributed by atoms with Crippen LogP contribution in [0, 0.1) is 0 Å². The lowest BCUT2D eigenvalue weighted by atomic mass is 10.1. The maximum absolute atomic E-state index is 11.9. The summed E-state index contributed by atoms with van der Waals surface area (Å²) in [5, 5.41) is 7.64. The standard InChI is InChI=1S/C17H19N3O6/c1-17(2)25-15(23)12(16(24)26-17)8-20-11-6-9(13(21)18-3)5-10(7-11)14(22)19-4/h5-8,20H,1-4H3,(H,18,21)(H,19,22). The number of esters is 2. The van der Waals surface area contributed by atoms with E-state index in [1.807, 2.05) is 0 Å². The highest BCUT2D eigenvalue weighted by Crippen LogP contribution is 2.23. The first-order valence-electron chi connectivity index (χ1n) is 7.69. The Morgan fingerprint density at radius 1 is 0.923 bits per heavy atom. The van der Waals surface area contributed by atoms with Crippen molar-refractivity contribution in [3.8, 4) is 0 Å². The van der Waals surface area contributed by atoms with E-state index in [4.69, 9.17) is 9.47 Å². The molecule has 0 saturated carbocycles. The molecule has 2 rings (SSSR count). The van der Waals surface area contributed by atoms with E-state index in [0.717, 1.165) is 6.20 Å². The van der Waals surface area contributed by atoms with Crippen LogP contribution in [0.5, 0.6) is 0 Å². The molecule has 0 unspecified atom stereocenters. The molecule has 3 N–H and O–H groups in total. The minimum Gasteiger partial charge on any atom is -0.419 e. The maximum Gasteiger partial charge on any atom is 0.350 e. The second kappa shape index (κ2) is 7.26. The topological polar surface area (TPSA) is 123 Å². The Bertz CT molecular complexity index is 756. The zero-order chi connectivity index (χ0) is 19.5. The molecule has 9 heteroatoms. The van der Waals surface area contributed by atoms with Crippen molar-refractivity contribution < 1.29 is 28.7 Å². The fourth-order valence-corrected chi connectivity index (χ4v) is 2.20. The number of benzene rings is 1. The third-order valence-electron chi connectivity index (χ3n) is 3.41. The summed E-state index contributed by atoms with van der Waals surface area (Å²) in [6.45, 7) is 2.88. The minimum absolute atomic E-state index is 0.226. The highest BCUT2D eigenvalue weighted by atomic mass is 16.7. The van der Waals surface area contributed by atoms with Crippen molar-refractivity contribution >= 4 is 29.4 Å². The molecule has 0 aliphatic carbocycles. The first-order valence-corrected chi connectivity index (χ1v) is 7.69. The summed E-state index contributed by atoms with van der Waals surface area (Å²) < 4.78 is 9.97. The molecule has 1 saturated heterocycles. The fourth-order valence-electron chi connectivity index (χ4n) is 2.20. The van der Waals surface area contributed by atoms with Crippen LogP contribution in [0.1, 0.15) is 34.6 Å². The average molecular weight is 361 g/mol. The van der Waals surface area contributed by atoms with E-state index in [0.29, 0.717) is 5.69 Å². The zero-order valence-electron chi connectivity index (χ0n) is 14.8. The largest absolute Gasteiger partial charge is 0.419 e. The van der Waals surface area contributed by atoms with Gasteiger partial charge in [-0.1, -0.05) is 0 Å². The summed E-state index contributed by atoms with van der Waals surface area (Å²) in [7, 11) is 2.92. The quantitative estimate of drug-likeness (QED) is 0.406. The van der Waals surface area contributed by atoms with Gasteiger partial charge < -0.3 is 25.4 Å². The fraction of sp³-hybridized carbons (Fsp3) is 0.294. The van der Waals surface area contributed by atoms with E-state index in [-0.39, 0.29) is 16.7 Å². The molecular formula is C17H19N3O6. The number of carbonyl (C=O) groups is 4. The Balaban J connectivity index is 2.34. The SMILES string of the molecule is CNC(=O)c1cc(NC=C2C(=O)OC(C)(C)OC2=O)cc(C(=O)NC)c1. The van der Waals surface area contributed by atoms with E-state index >= 15 is 0 Å². The molecule has 0 bridgehead atoms. The number of anilines is 1. The summed E-state index contributed by atoms with van der Waals surface area (Å²) in [5.41, 5.74) is 0.438. The van der Waals surface area contributed by atoms with Gasteiger partial charge in [-0.25, -0.2) is 9.59 Å². The van der Waals surface area contributed by atoms with Crippen molar-refractivity contribution in [1.82, 2.24) is 10.6 Å². The van der Waals surface area contributed by atoms with Gasteiger partial charge in [-0.05, 0) is 18.2 Å². The Labute approximate surface area is 149 Å². The molecule has 0 spiro atoms. The second-order valence-corrected chi connectivity index (χ2v) is 5.84. The third-order valence-corrected chi connectivity index (χ3v) is 3.41. The van der Waals surface area contributed by atoms with E-state index < -0.39 is 29.5 Å². The van der Waals surface area contributed by atoms with Crippen LogP contribution in [0.2, 0.25) is 0 Å². The molecule has 138 valence electrons. The van der Waals surface area contributed by atoms with Crippen molar-refractivity contribution in [2.75, 3.05) is 19.4 Å². The number of ether oxygens (including phenoxy) is 2. The molecular weight excluding hydrogens is 342 g/mol. The summed E-state index contributed by atoms with van der Waals surface area (Å²) in [6.07, 6.45) is 1.11. The van der Waals surface area contributed by atoms with Crippen LogP contribution in [0.25, 0.3) is 0 Å². The number of nitrogens with one attached hydrogen (secondary N) is 3. The zero-order valence-corrected chi connectivity index (χ0v) is 14.8. The van der Waals surface area contributed by atoms with Crippen LogP contribution in [0.3, 0.4) is 0 Å². The van der Waals surface area contributed by atoms with Crippen LogP contribution < -0.4 is 16.0 Å². The van der Waals surface area contributed by atoms with Crippen molar-refractivity contribution in [3.05, 3.63) is 41.1 Å². The van der Waals surface area contributed by atoms with Gasteiger partial charge in [0, 0.05) is 51.0 Å². The van der Waals surface area contributed by atoms with Crippen LogP contribution >= 0.6 is 0 Å². The summed E-state index contributed by atoms with van der Waals surface area (Å²) in [5.74, 6) is -3.81. The van der Waals surface area contributed by atoms with Crippen molar-refractivity contribution in [1.29, 1.82) is 0 Å². The Hall–Kier alpha value is -3.36. The lowest BCUT2D eigenvalue weighted by molar-refractivity contribution is -0.222. The number of carbonyl (C=O) groups excluding carboxylic acids is 4. The highest BCUT2D eigenvalue weighted by molar-refractivity contribution is 6.15. The minimum atomic E-state index is -1.34. The predicted molar refractivity (Wildman–Crippen MR) is 91.2 cm³/mol. The van der Waals surface area contributed by atoms with Crippen LogP contribution in [-0.4, -0.2) is 43.6 Å². The Morgan fingerprint density at radius 3 is 1.81 bits per heavy atom. The van der Waals surface area contributed by atoms with Crippen molar-refractivity contribution in [2.45, 2.75) is 19.6 Å². The molecule has 0 atom stereocenters. The number of rotatable bonds is 4. The Morgan fingerprint density at radius 2 is 1.38 bits per heavy atom. The maximum atomic E-state index is 11.9. The van der Waals surface area contributed by atoms with E-state index in [1.165, 1.54) is 46.1 Å². The number of hydrogen-bond donors (Lipinski definition) is 3. The van der Waals surface area contributed by atoms with Gasteiger partial charge in [-0.15, -0.1) is 0 Å². The lowest BCUT2D eigenvalue weighted by Gasteiger charge is -2.29. The third kappa shape index (κ3) is 4.18. The van der Waals surface area contributed by atoms with Gasteiger partial charge >= 0.3 is 11.9 Å². The van der Waals surface area contributed by atoms with Crippen molar-refractivity contribution in [3.63, 3.8) is 0 Å². The summed E-state index contributed by atoms with van der Waals surface area (Å²) in [4.78, 5) is 47.6. The number of hydrogen-bond acceptors (Lipinski definition) is 7. The molecule has 1 aromatic carbocycles. The molecule has 1 aromatic rings. The van der Waals surface area contributed by atoms with Crippen LogP contribution in [0.15, 0.2) is 30.0 Å². The molecule has 1 heterocycles. The van der Waals surface area contributed by atoms with Gasteiger partial charge in [0.25, 0.3) is 17.6 Å². The molecule has 1 aliphatic heterocycles. The molecule has 1 aliphatic rings. The first-order chi connectivity index (χ1) is 12.2.